The van der Waals surface area contributed by atoms with Crippen molar-refractivity contribution in [1.82, 2.24) is 9.78 Å². The van der Waals surface area contributed by atoms with Crippen LogP contribution in [0.4, 0.5) is 20.6 Å². The number of anilines is 2. The number of carbonyl (C=O) groups excluding carboxylic acids is 1. The molecule has 26 heavy (non-hydrogen) atoms. The highest BCUT2D eigenvalue weighted by Crippen LogP contribution is 2.33. The Bertz CT molecular complexity index is 966. The van der Waals surface area contributed by atoms with Crippen LogP contribution in [0, 0.1) is 19.7 Å². The van der Waals surface area contributed by atoms with Crippen molar-refractivity contribution in [1.29, 1.82) is 0 Å². The Kier molecular flexibility index (Phi) is 4.95. The van der Waals surface area contributed by atoms with Crippen molar-refractivity contribution in [3.8, 4) is 11.3 Å². The number of aryl methyl sites for hydroxylation is 3. The molecule has 0 spiro atoms. The van der Waals surface area contributed by atoms with Crippen LogP contribution in [0.2, 0.25) is 5.02 Å². The molecular formula is C19H18ClFN4O. The Morgan fingerprint density at radius 2 is 1.69 bits per heavy atom. The smallest absolute Gasteiger partial charge is 0.308 e. The summed E-state index contributed by atoms with van der Waals surface area (Å²) in [5.74, 6) is -0.359. The number of urea groups is 1. The van der Waals surface area contributed by atoms with Gasteiger partial charge in [0.05, 0.1) is 16.4 Å². The minimum atomic E-state index is -0.418. The monoisotopic (exact) mass is 372 g/mol. The maximum atomic E-state index is 12.9. The van der Waals surface area contributed by atoms with Gasteiger partial charge in [-0.3, -0.25) is 4.68 Å². The second-order valence-corrected chi connectivity index (χ2v) is 6.37. The quantitative estimate of drug-likeness (QED) is 0.668. The van der Waals surface area contributed by atoms with Crippen molar-refractivity contribution in [2.24, 2.45) is 7.05 Å². The second kappa shape index (κ2) is 7.17. The van der Waals surface area contributed by atoms with Gasteiger partial charge in [0, 0.05) is 24.0 Å². The van der Waals surface area contributed by atoms with E-state index in [2.05, 4.69) is 15.7 Å². The van der Waals surface area contributed by atoms with Gasteiger partial charge in [0.1, 0.15) is 5.82 Å². The lowest BCUT2D eigenvalue weighted by Crippen LogP contribution is -2.19. The first-order valence-corrected chi connectivity index (χ1v) is 8.36. The van der Waals surface area contributed by atoms with Crippen LogP contribution in [0.3, 0.4) is 0 Å². The zero-order valence-electron chi connectivity index (χ0n) is 14.6. The Balaban J connectivity index is 1.83. The Morgan fingerprint density at radius 3 is 2.31 bits per heavy atom. The third-order valence-corrected chi connectivity index (χ3v) is 4.45. The summed E-state index contributed by atoms with van der Waals surface area (Å²) in [6.07, 6.45) is 0. The number of nitrogens with one attached hydrogen (secondary N) is 2. The van der Waals surface area contributed by atoms with E-state index in [0.29, 0.717) is 16.4 Å². The molecule has 0 fully saturated rings. The van der Waals surface area contributed by atoms with Crippen LogP contribution in [0.15, 0.2) is 42.5 Å². The van der Waals surface area contributed by atoms with E-state index in [1.165, 1.54) is 24.3 Å². The highest BCUT2D eigenvalue weighted by molar-refractivity contribution is 6.33. The molecular weight excluding hydrogens is 355 g/mol. The minimum Gasteiger partial charge on any atom is -0.308 e. The number of aromatic nitrogens is 2. The number of hydrogen-bond acceptors (Lipinski definition) is 2. The van der Waals surface area contributed by atoms with E-state index in [0.717, 1.165) is 22.5 Å². The van der Waals surface area contributed by atoms with Gasteiger partial charge < -0.3 is 10.6 Å². The Labute approximate surface area is 155 Å². The lowest BCUT2D eigenvalue weighted by atomic mass is 10.0. The van der Waals surface area contributed by atoms with Crippen LogP contribution < -0.4 is 10.6 Å². The molecule has 2 N–H and O–H groups in total. The zero-order chi connectivity index (χ0) is 18.8. The third-order valence-electron chi connectivity index (χ3n) is 4.00. The molecule has 0 unspecified atom stereocenters. The van der Waals surface area contributed by atoms with Crippen molar-refractivity contribution in [2.45, 2.75) is 13.8 Å². The van der Waals surface area contributed by atoms with Crippen LogP contribution >= 0.6 is 11.6 Å². The summed E-state index contributed by atoms with van der Waals surface area (Å²) >= 11 is 6.39. The summed E-state index contributed by atoms with van der Waals surface area (Å²) in [5, 5.41) is 10.4. The van der Waals surface area contributed by atoms with Crippen molar-refractivity contribution >= 4 is 29.0 Å². The lowest BCUT2D eigenvalue weighted by Gasteiger charge is -2.12. The van der Waals surface area contributed by atoms with E-state index < -0.39 is 6.03 Å². The highest BCUT2D eigenvalue weighted by atomic mass is 35.5. The van der Waals surface area contributed by atoms with E-state index in [-0.39, 0.29) is 5.82 Å². The van der Waals surface area contributed by atoms with Crippen LogP contribution in [-0.4, -0.2) is 15.8 Å². The predicted molar refractivity (Wildman–Crippen MR) is 102 cm³/mol. The largest absolute Gasteiger partial charge is 0.323 e. The van der Waals surface area contributed by atoms with Gasteiger partial charge in [-0.1, -0.05) is 17.7 Å². The van der Waals surface area contributed by atoms with Crippen LogP contribution in [0.5, 0.6) is 0 Å². The van der Waals surface area contributed by atoms with Gasteiger partial charge in [-0.05, 0) is 55.8 Å². The fraction of sp³-hybridized carbons (Fsp3) is 0.158. The summed E-state index contributed by atoms with van der Waals surface area (Å²) in [7, 11) is 1.83. The molecule has 0 atom stereocenters. The van der Waals surface area contributed by atoms with Crippen LogP contribution in [0.1, 0.15) is 11.3 Å². The zero-order valence-corrected chi connectivity index (χ0v) is 15.4. The number of carbonyl (C=O) groups is 1. The van der Waals surface area contributed by atoms with Crippen molar-refractivity contribution in [3.63, 3.8) is 0 Å². The number of benzene rings is 2. The Hall–Kier alpha value is -2.86. The molecule has 5 nitrogen and oxygen atoms in total. The SMILES string of the molecule is Cc1ccc(NC(=O)Nc2ccc(F)cc2)cc1-c1c(Cl)c(C)nn1C. The van der Waals surface area contributed by atoms with Gasteiger partial charge in [0.15, 0.2) is 0 Å². The van der Waals surface area contributed by atoms with E-state index in [1.807, 2.05) is 33.0 Å². The minimum absolute atomic E-state index is 0.359. The average Bonchev–Trinajstić information content (AvgIpc) is 2.84. The van der Waals surface area contributed by atoms with Crippen LogP contribution in [-0.2, 0) is 7.05 Å². The maximum Gasteiger partial charge on any atom is 0.323 e. The Morgan fingerprint density at radius 1 is 1.08 bits per heavy atom. The molecule has 0 aliphatic carbocycles. The topological polar surface area (TPSA) is 59.0 Å². The molecule has 0 bridgehead atoms. The van der Waals surface area contributed by atoms with E-state index in [9.17, 15) is 9.18 Å². The first-order valence-electron chi connectivity index (χ1n) is 7.99. The highest BCUT2D eigenvalue weighted by Gasteiger charge is 2.16. The fourth-order valence-corrected chi connectivity index (χ4v) is 2.97. The van der Waals surface area contributed by atoms with E-state index in [1.54, 1.807) is 10.7 Å². The molecule has 0 saturated carbocycles. The molecule has 3 rings (SSSR count). The fourth-order valence-electron chi connectivity index (χ4n) is 2.71. The second-order valence-electron chi connectivity index (χ2n) is 5.99. The van der Waals surface area contributed by atoms with Gasteiger partial charge in [-0.25, -0.2) is 9.18 Å². The summed E-state index contributed by atoms with van der Waals surface area (Å²) in [6, 6.07) is 10.7. The van der Waals surface area contributed by atoms with Gasteiger partial charge in [-0.15, -0.1) is 0 Å². The van der Waals surface area contributed by atoms with Gasteiger partial charge >= 0.3 is 6.03 Å². The first kappa shape index (κ1) is 17.9. The molecule has 1 heterocycles. The predicted octanol–water partition coefficient (Wildman–Crippen LogP) is 5.14. The number of nitrogens with zero attached hydrogens (tertiary/aromatic N) is 2. The van der Waals surface area contributed by atoms with Gasteiger partial charge in [0.2, 0.25) is 0 Å². The molecule has 0 saturated heterocycles. The number of halogens is 2. The first-order chi connectivity index (χ1) is 12.3. The maximum absolute atomic E-state index is 12.9. The summed E-state index contributed by atoms with van der Waals surface area (Å²) in [4.78, 5) is 12.2. The molecule has 0 aliphatic heterocycles. The number of amides is 2. The molecule has 0 radical (unpaired) electrons. The van der Waals surface area contributed by atoms with Crippen molar-refractivity contribution in [2.75, 3.05) is 10.6 Å². The average molecular weight is 373 g/mol. The number of rotatable bonds is 3. The summed E-state index contributed by atoms with van der Waals surface area (Å²) in [6.45, 7) is 3.82. The van der Waals surface area contributed by atoms with Crippen LogP contribution in [0.25, 0.3) is 11.3 Å². The van der Waals surface area contributed by atoms with Gasteiger partial charge in [-0.2, -0.15) is 5.10 Å². The molecule has 2 aromatic carbocycles. The van der Waals surface area contributed by atoms with E-state index >= 15 is 0 Å². The molecule has 1 aromatic heterocycles. The molecule has 3 aromatic rings. The lowest BCUT2D eigenvalue weighted by molar-refractivity contribution is 0.262. The molecule has 134 valence electrons. The standard InChI is InChI=1S/C19H18ClFN4O/c1-11-4-7-15(10-16(11)18-17(20)12(2)24-25(18)3)23-19(26)22-14-8-5-13(21)6-9-14/h4-10H,1-3H3,(H2,22,23,26). The third kappa shape index (κ3) is 3.70. The number of hydrogen-bond donors (Lipinski definition) is 2. The van der Waals surface area contributed by atoms with Gasteiger partial charge in [0.25, 0.3) is 0 Å². The molecule has 0 aliphatic rings. The summed E-state index contributed by atoms with van der Waals surface area (Å²) in [5.41, 5.74) is 4.55. The summed E-state index contributed by atoms with van der Waals surface area (Å²) < 4.78 is 14.7. The van der Waals surface area contributed by atoms with Crippen molar-refractivity contribution in [3.05, 3.63) is 64.6 Å². The normalized spacial score (nSPS) is 10.7. The molecule has 2 amide bonds. The van der Waals surface area contributed by atoms with Crippen molar-refractivity contribution < 1.29 is 9.18 Å². The molecule has 7 heteroatoms. The van der Waals surface area contributed by atoms with E-state index in [4.69, 9.17) is 11.6 Å².